The number of nitrogens with zero attached hydrogens (tertiary/aromatic N) is 2. The number of hydrogen-bond donors (Lipinski definition) is 1. The molecule has 0 aliphatic carbocycles. The van der Waals surface area contributed by atoms with E-state index in [1.165, 1.54) is 0 Å². The number of benzene rings is 1. The first-order valence-electron chi connectivity index (χ1n) is 6.94. The minimum atomic E-state index is 0.419. The summed E-state index contributed by atoms with van der Waals surface area (Å²) < 4.78 is 5.72. The maximum absolute atomic E-state index is 6.14. The van der Waals surface area contributed by atoms with Crippen LogP contribution in [0.2, 0.25) is 5.02 Å². The van der Waals surface area contributed by atoms with Crippen LogP contribution in [0, 0.1) is 13.8 Å². The molecule has 1 heterocycles. The standard InChI is InChI=1S/C16H20ClN3O/c1-10(2)18-7-13-8-20-15(9-19-13)21-14-5-11(3)16(17)12(4)6-14/h5-6,8-10,18H,7H2,1-4H3. The molecule has 0 spiro atoms. The van der Waals surface area contributed by atoms with Crippen LogP contribution in [0.15, 0.2) is 24.5 Å². The summed E-state index contributed by atoms with van der Waals surface area (Å²) in [6.45, 7) is 8.79. The van der Waals surface area contributed by atoms with E-state index in [0.29, 0.717) is 18.5 Å². The minimum Gasteiger partial charge on any atom is -0.437 e. The average molecular weight is 306 g/mol. The van der Waals surface area contributed by atoms with Gasteiger partial charge in [0.1, 0.15) is 5.75 Å². The van der Waals surface area contributed by atoms with Gasteiger partial charge in [0.25, 0.3) is 0 Å². The Kier molecular flexibility index (Phi) is 5.15. The molecule has 0 fully saturated rings. The monoisotopic (exact) mass is 305 g/mol. The summed E-state index contributed by atoms with van der Waals surface area (Å²) in [5.41, 5.74) is 2.86. The molecule has 2 rings (SSSR count). The van der Waals surface area contributed by atoms with E-state index in [1.807, 2.05) is 26.0 Å². The molecule has 0 aliphatic rings. The molecular weight excluding hydrogens is 286 g/mol. The molecule has 0 amide bonds. The van der Waals surface area contributed by atoms with Crippen LogP contribution in [0.5, 0.6) is 11.6 Å². The Balaban J connectivity index is 2.06. The fourth-order valence-electron chi connectivity index (χ4n) is 1.88. The molecule has 0 saturated heterocycles. The Morgan fingerprint density at radius 1 is 1.14 bits per heavy atom. The van der Waals surface area contributed by atoms with Gasteiger partial charge in [-0.15, -0.1) is 0 Å². The number of aromatic nitrogens is 2. The Bertz CT molecular complexity index is 588. The van der Waals surface area contributed by atoms with Crippen molar-refractivity contribution in [1.29, 1.82) is 0 Å². The molecule has 112 valence electrons. The van der Waals surface area contributed by atoms with E-state index in [9.17, 15) is 0 Å². The van der Waals surface area contributed by atoms with Gasteiger partial charge in [-0.1, -0.05) is 25.4 Å². The number of halogens is 1. The second-order valence-electron chi connectivity index (χ2n) is 5.35. The van der Waals surface area contributed by atoms with Gasteiger partial charge >= 0.3 is 0 Å². The maximum atomic E-state index is 6.14. The van der Waals surface area contributed by atoms with E-state index in [0.717, 1.165) is 27.6 Å². The largest absolute Gasteiger partial charge is 0.437 e. The fourth-order valence-corrected chi connectivity index (χ4v) is 1.99. The molecule has 21 heavy (non-hydrogen) atoms. The Labute approximate surface area is 130 Å². The first-order chi connectivity index (χ1) is 9.95. The SMILES string of the molecule is Cc1cc(Oc2cnc(CNC(C)C)cn2)cc(C)c1Cl. The summed E-state index contributed by atoms with van der Waals surface area (Å²) in [4.78, 5) is 8.61. The van der Waals surface area contributed by atoms with Crippen LogP contribution in [-0.2, 0) is 6.54 Å². The van der Waals surface area contributed by atoms with Crippen molar-refractivity contribution in [3.8, 4) is 11.6 Å². The van der Waals surface area contributed by atoms with Gasteiger partial charge in [0.15, 0.2) is 0 Å². The zero-order chi connectivity index (χ0) is 15.4. The van der Waals surface area contributed by atoms with Crippen LogP contribution in [0.25, 0.3) is 0 Å². The van der Waals surface area contributed by atoms with Gasteiger partial charge in [0, 0.05) is 17.6 Å². The number of rotatable bonds is 5. The van der Waals surface area contributed by atoms with E-state index >= 15 is 0 Å². The number of hydrogen-bond acceptors (Lipinski definition) is 4. The first kappa shape index (κ1) is 15.7. The summed E-state index contributed by atoms with van der Waals surface area (Å²) in [6, 6.07) is 4.21. The molecule has 0 unspecified atom stereocenters. The van der Waals surface area contributed by atoms with Crippen molar-refractivity contribution in [3.05, 3.63) is 46.4 Å². The van der Waals surface area contributed by atoms with Gasteiger partial charge in [-0.25, -0.2) is 4.98 Å². The molecule has 1 aromatic carbocycles. The van der Waals surface area contributed by atoms with Crippen LogP contribution in [0.1, 0.15) is 30.7 Å². The van der Waals surface area contributed by atoms with E-state index < -0.39 is 0 Å². The lowest BCUT2D eigenvalue weighted by atomic mass is 10.1. The zero-order valence-electron chi connectivity index (χ0n) is 12.8. The van der Waals surface area contributed by atoms with Crippen molar-refractivity contribution in [2.24, 2.45) is 0 Å². The van der Waals surface area contributed by atoms with Gasteiger partial charge < -0.3 is 10.1 Å². The summed E-state index contributed by atoms with van der Waals surface area (Å²) in [5.74, 6) is 1.20. The summed E-state index contributed by atoms with van der Waals surface area (Å²) >= 11 is 6.14. The Morgan fingerprint density at radius 3 is 2.33 bits per heavy atom. The number of nitrogens with one attached hydrogen (secondary N) is 1. The Morgan fingerprint density at radius 2 is 1.81 bits per heavy atom. The lowest BCUT2D eigenvalue weighted by molar-refractivity contribution is 0.457. The van der Waals surface area contributed by atoms with Crippen molar-refractivity contribution in [1.82, 2.24) is 15.3 Å². The van der Waals surface area contributed by atoms with E-state index in [2.05, 4.69) is 29.1 Å². The highest BCUT2D eigenvalue weighted by atomic mass is 35.5. The van der Waals surface area contributed by atoms with Crippen molar-refractivity contribution in [2.45, 2.75) is 40.3 Å². The third-order valence-electron chi connectivity index (χ3n) is 3.01. The van der Waals surface area contributed by atoms with E-state index in [-0.39, 0.29) is 0 Å². The minimum absolute atomic E-state index is 0.419. The third-order valence-corrected chi connectivity index (χ3v) is 3.60. The fraction of sp³-hybridized carbons (Fsp3) is 0.375. The normalized spacial score (nSPS) is 11.0. The topological polar surface area (TPSA) is 47.0 Å². The van der Waals surface area contributed by atoms with Crippen LogP contribution in [0.4, 0.5) is 0 Å². The van der Waals surface area contributed by atoms with Gasteiger partial charge in [0.05, 0.1) is 18.1 Å². The summed E-state index contributed by atoms with van der Waals surface area (Å²) in [7, 11) is 0. The summed E-state index contributed by atoms with van der Waals surface area (Å²) in [5, 5.41) is 4.06. The highest BCUT2D eigenvalue weighted by molar-refractivity contribution is 6.32. The first-order valence-corrected chi connectivity index (χ1v) is 7.32. The molecule has 5 heteroatoms. The highest BCUT2D eigenvalue weighted by Crippen LogP contribution is 2.28. The molecule has 0 bridgehead atoms. The zero-order valence-corrected chi connectivity index (χ0v) is 13.5. The van der Waals surface area contributed by atoms with Crippen molar-refractivity contribution < 1.29 is 4.74 Å². The molecular formula is C16H20ClN3O. The van der Waals surface area contributed by atoms with Crippen LogP contribution in [0.3, 0.4) is 0 Å². The molecule has 1 aromatic heterocycles. The Hall–Kier alpha value is -1.65. The van der Waals surface area contributed by atoms with E-state index in [1.54, 1.807) is 12.4 Å². The number of ether oxygens (including phenoxy) is 1. The average Bonchev–Trinajstić information content (AvgIpc) is 2.44. The second-order valence-corrected chi connectivity index (χ2v) is 5.73. The van der Waals surface area contributed by atoms with Gasteiger partial charge in [-0.2, -0.15) is 0 Å². The number of aryl methyl sites for hydroxylation is 2. The van der Waals surface area contributed by atoms with Crippen molar-refractivity contribution in [2.75, 3.05) is 0 Å². The van der Waals surface area contributed by atoms with Crippen LogP contribution >= 0.6 is 11.6 Å². The lowest BCUT2D eigenvalue weighted by Gasteiger charge is -2.10. The molecule has 2 aromatic rings. The quantitative estimate of drug-likeness (QED) is 0.905. The van der Waals surface area contributed by atoms with E-state index in [4.69, 9.17) is 16.3 Å². The van der Waals surface area contributed by atoms with Crippen molar-refractivity contribution in [3.63, 3.8) is 0 Å². The predicted molar refractivity (Wildman–Crippen MR) is 85.0 cm³/mol. The lowest BCUT2D eigenvalue weighted by Crippen LogP contribution is -2.22. The smallest absolute Gasteiger partial charge is 0.237 e. The molecule has 0 aliphatic heterocycles. The van der Waals surface area contributed by atoms with Crippen LogP contribution in [-0.4, -0.2) is 16.0 Å². The molecule has 0 saturated carbocycles. The molecule has 0 radical (unpaired) electrons. The highest BCUT2D eigenvalue weighted by Gasteiger charge is 2.06. The molecule has 0 atom stereocenters. The van der Waals surface area contributed by atoms with Gasteiger partial charge in [-0.05, 0) is 37.1 Å². The second kappa shape index (κ2) is 6.87. The molecule has 4 nitrogen and oxygen atoms in total. The molecule has 1 N–H and O–H groups in total. The van der Waals surface area contributed by atoms with Crippen LogP contribution < -0.4 is 10.1 Å². The van der Waals surface area contributed by atoms with Crippen molar-refractivity contribution >= 4 is 11.6 Å². The van der Waals surface area contributed by atoms with Gasteiger partial charge in [-0.3, -0.25) is 4.98 Å². The van der Waals surface area contributed by atoms with Gasteiger partial charge in [0.2, 0.25) is 5.88 Å². The summed E-state index contributed by atoms with van der Waals surface area (Å²) in [6.07, 6.45) is 3.36. The predicted octanol–water partition coefficient (Wildman–Crippen LogP) is 4.04. The maximum Gasteiger partial charge on any atom is 0.237 e. The third kappa shape index (κ3) is 4.41.